The molecule has 3 amide bonds. The lowest BCUT2D eigenvalue weighted by Crippen LogP contribution is -2.42. The van der Waals surface area contributed by atoms with E-state index in [9.17, 15) is 14.4 Å². The van der Waals surface area contributed by atoms with Crippen molar-refractivity contribution in [2.45, 2.75) is 19.8 Å². The first-order chi connectivity index (χ1) is 9.63. The van der Waals surface area contributed by atoms with E-state index in [2.05, 4.69) is 20.9 Å². The van der Waals surface area contributed by atoms with Crippen LogP contribution in [-0.2, 0) is 9.53 Å². The number of hydrogen-bond donors (Lipinski definition) is 3. The number of carbonyl (C=O) groups is 3. The second-order valence-corrected chi connectivity index (χ2v) is 4.68. The van der Waals surface area contributed by atoms with Crippen LogP contribution >= 0.6 is 11.3 Å². The summed E-state index contributed by atoms with van der Waals surface area (Å²) >= 11 is 1.36. The van der Waals surface area contributed by atoms with Crippen LogP contribution in [-0.4, -0.2) is 31.1 Å². The number of amides is 3. The molecule has 8 heteroatoms. The fraction of sp³-hybridized carbons (Fsp3) is 0.417. The van der Waals surface area contributed by atoms with Gasteiger partial charge in [0.15, 0.2) is 0 Å². The molecule has 3 N–H and O–H groups in total. The third kappa shape index (κ3) is 6.19. The van der Waals surface area contributed by atoms with Gasteiger partial charge in [-0.05, 0) is 24.8 Å². The number of ether oxygens (including phenoxy) is 1. The van der Waals surface area contributed by atoms with E-state index in [0.717, 1.165) is 0 Å². The second-order valence-electron chi connectivity index (χ2n) is 3.73. The van der Waals surface area contributed by atoms with Crippen LogP contribution in [0, 0.1) is 0 Å². The summed E-state index contributed by atoms with van der Waals surface area (Å²) in [6, 6.07) is 3.53. The quantitative estimate of drug-likeness (QED) is 0.540. The number of thiophene rings is 1. The fourth-order valence-corrected chi connectivity index (χ4v) is 1.94. The summed E-state index contributed by atoms with van der Waals surface area (Å²) < 4.78 is 4.57. The van der Waals surface area contributed by atoms with Crippen molar-refractivity contribution in [1.29, 1.82) is 0 Å². The topological polar surface area (TPSA) is 96.5 Å². The second kappa shape index (κ2) is 8.92. The van der Waals surface area contributed by atoms with Crippen molar-refractivity contribution in [3.63, 3.8) is 0 Å². The Morgan fingerprint density at radius 2 is 2.10 bits per heavy atom. The summed E-state index contributed by atoms with van der Waals surface area (Å²) in [5, 5.41) is 4.53. The van der Waals surface area contributed by atoms with Gasteiger partial charge >= 0.3 is 6.09 Å². The zero-order valence-corrected chi connectivity index (χ0v) is 11.9. The monoisotopic (exact) mass is 299 g/mol. The fourth-order valence-electron chi connectivity index (χ4n) is 1.30. The largest absolute Gasteiger partial charge is 0.449 e. The van der Waals surface area contributed by atoms with Crippen LogP contribution in [0.25, 0.3) is 0 Å². The zero-order valence-electron chi connectivity index (χ0n) is 11.1. The Morgan fingerprint density at radius 1 is 1.30 bits per heavy atom. The minimum absolute atomic E-state index is 0.148. The van der Waals surface area contributed by atoms with Gasteiger partial charge in [-0.15, -0.1) is 11.3 Å². The van der Waals surface area contributed by atoms with E-state index in [-0.39, 0.29) is 24.8 Å². The molecule has 0 spiro atoms. The summed E-state index contributed by atoms with van der Waals surface area (Å²) in [6.45, 7) is 2.29. The lowest BCUT2D eigenvalue weighted by molar-refractivity contribution is -0.122. The molecule has 0 aliphatic rings. The van der Waals surface area contributed by atoms with E-state index in [1.54, 1.807) is 19.1 Å². The van der Waals surface area contributed by atoms with Gasteiger partial charge in [0.25, 0.3) is 5.91 Å². The van der Waals surface area contributed by atoms with Gasteiger partial charge in [0, 0.05) is 13.0 Å². The minimum Gasteiger partial charge on any atom is -0.449 e. The number of rotatable bonds is 6. The Balaban J connectivity index is 2.07. The highest BCUT2D eigenvalue weighted by atomic mass is 32.1. The van der Waals surface area contributed by atoms with Crippen molar-refractivity contribution in [2.24, 2.45) is 0 Å². The first-order valence-electron chi connectivity index (χ1n) is 6.16. The number of hydrogen-bond acceptors (Lipinski definition) is 5. The first-order valence-corrected chi connectivity index (χ1v) is 7.04. The van der Waals surface area contributed by atoms with Gasteiger partial charge in [-0.1, -0.05) is 6.07 Å². The number of nitrogens with one attached hydrogen (secondary N) is 3. The maximum absolute atomic E-state index is 11.6. The lowest BCUT2D eigenvalue weighted by atomic mass is 10.3. The van der Waals surface area contributed by atoms with Crippen LogP contribution < -0.4 is 16.2 Å². The third-order valence-electron chi connectivity index (χ3n) is 2.19. The van der Waals surface area contributed by atoms with Crippen LogP contribution in [0.15, 0.2) is 17.5 Å². The van der Waals surface area contributed by atoms with Crippen LogP contribution in [0.4, 0.5) is 4.79 Å². The van der Waals surface area contributed by atoms with Crippen molar-refractivity contribution in [3.8, 4) is 0 Å². The van der Waals surface area contributed by atoms with Crippen LogP contribution in [0.1, 0.15) is 29.4 Å². The molecule has 1 rings (SSSR count). The summed E-state index contributed by atoms with van der Waals surface area (Å²) in [7, 11) is 0. The van der Waals surface area contributed by atoms with E-state index < -0.39 is 6.09 Å². The molecule has 1 heterocycles. The summed E-state index contributed by atoms with van der Waals surface area (Å²) in [5.41, 5.74) is 4.32. The molecular weight excluding hydrogens is 282 g/mol. The average Bonchev–Trinajstić information content (AvgIpc) is 2.95. The molecule has 110 valence electrons. The molecule has 0 radical (unpaired) electrons. The Morgan fingerprint density at radius 3 is 2.75 bits per heavy atom. The van der Waals surface area contributed by atoms with Gasteiger partial charge in [-0.3, -0.25) is 15.0 Å². The molecule has 20 heavy (non-hydrogen) atoms. The predicted octanol–water partition coefficient (Wildman–Crippen LogP) is 1.04. The Labute approximate surface area is 120 Å². The molecule has 0 aliphatic carbocycles. The average molecular weight is 299 g/mol. The maximum atomic E-state index is 11.6. The van der Waals surface area contributed by atoms with Crippen LogP contribution in [0.3, 0.4) is 0 Å². The molecule has 0 saturated carbocycles. The normalized spacial score (nSPS) is 9.65. The van der Waals surface area contributed by atoms with Crippen molar-refractivity contribution in [3.05, 3.63) is 22.4 Å². The molecule has 1 aromatic heterocycles. The molecule has 0 saturated heterocycles. The molecule has 0 bridgehead atoms. The van der Waals surface area contributed by atoms with Gasteiger partial charge < -0.3 is 10.1 Å². The molecule has 0 aromatic carbocycles. The lowest BCUT2D eigenvalue weighted by Gasteiger charge is -2.07. The molecule has 0 fully saturated rings. The van der Waals surface area contributed by atoms with Crippen molar-refractivity contribution in [2.75, 3.05) is 13.2 Å². The number of carbonyl (C=O) groups excluding carboxylic acids is 3. The van der Waals surface area contributed by atoms with E-state index in [1.807, 2.05) is 5.38 Å². The Hall–Kier alpha value is -2.09. The molecule has 1 aromatic rings. The molecular formula is C12H17N3O4S. The molecule has 0 unspecified atom stereocenters. The smallest absolute Gasteiger partial charge is 0.426 e. The Kier molecular flexibility index (Phi) is 7.12. The van der Waals surface area contributed by atoms with Crippen molar-refractivity contribution >= 4 is 29.2 Å². The standard InChI is InChI=1S/C12H17N3O4S/c1-2-19-12(18)15-14-10(16)6-3-7-13-11(17)9-5-4-8-20-9/h4-5,8H,2-3,6-7H2,1H3,(H,13,17)(H,14,16)(H,15,18). The van der Waals surface area contributed by atoms with Crippen molar-refractivity contribution < 1.29 is 19.1 Å². The van der Waals surface area contributed by atoms with E-state index >= 15 is 0 Å². The minimum atomic E-state index is -0.702. The van der Waals surface area contributed by atoms with Gasteiger partial charge in [0.2, 0.25) is 5.91 Å². The molecule has 7 nitrogen and oxygen atoms in total. The predicted molar refractivity (Wildman–Crippen MR) is 74.2 cm³/mol. The van der Waals surface area contributed by atoms with Crippen LogP contribution in [0.2, 0.25) is 0 Å². The van der Waals surface area contributed by atoms with Gasteiger partial charge in [0.05, 0.1) is 11.5 Å². The van der Waals surface area contributed by atoms with Gasteiger partial charge in [0.1, 0.15) is 0 Å². The molecule has 0 atom stereocenters. The summed E-state index contributed by atoms with van der Waals surface area (Å²) in [4.78, 5) is 34.4. The van der Waals surface area contributed by atoms with E-state index in [4.69, 9.17) is 0 Å². The highest BCUT2D eigenvalue weighted by molar-refractivity contribution is 7.12. The summed E-state index contributed by atoms with van der Waals surface area (Å²) in [6.07, 6.45) is -0.0308. The maximum Gasteiger partial charge on any atom is 0.426 e. The van der Waals surface area contributed by atoms with E-state index in [0.29, 0.717) is 17.8 Å². The SMILES string of the molecule is CCOC(=O)NNC(=O)CCCNC(=O)c1cccs1. The Bertz CT molecular complexity index is 448. The van der Waals surface area contributed by atoms with Gasteiger partial charge in [-0.25, -0.2) is 10.2 Å². The first kappa shape index (κ1) is 16.0. The summed E-state index contributed by atoms with van der Waals surface area (Å²) in [5.74, 6) is -0.492. The number of hydrazine groups is 1. The van der Waals surface area contributed by atoms with E-state index in [1.165, 1.54) is 11.3 Å². The third-order valence-corrected chi connectivity index (χ3v) is 3.06. The van der Waals surface area contributed by atoms with Crippen molar-refractivity contribution in [1.82, 2.24) is 16.2 Å². The zero-order chi connectivity index (χ0) is 14.8. The molecule has 0 aliphatic heterocycles. The van der Waals surface area contributed by atoms with Crippen LogP contribution in [0.5, 0.6) is 0 Å². The van der Waals surface area contributed by atoms with Gasteiger partial charge in [-0.2, -0.15) is 0 Å². The highest BCUT2D eigenvalue weighted by Crippen LogP contribution is 2.07. The highest BCUT2D eigenvalue weighted by Gasteiger charge is 2.07.